The summed E-state index contributed by atoms with van der Waals surface area (Å²) >= 11 is 0. The molecule has 1 unspecified atom stereocenters. The Balaban J connectivity index is 1.62. The van der Waals surface area contributed by atoms with Crippen molar-refractivity contribution >= 4 is 5.91 Å². The molecule has 1 N–H and O–H groups in total. The average molecular weight is 299 g/mol. The molecule has 2 heterocycles. The van der Waals surface area contributed by atoms with Gasteiger partial charge >= 0.3 is 0 Å². The number of likely N-dealkylation sites (N-methyl/N-ethyl adjacent to an activating group) is 1. The Labute approximate surface area is 127 Å². The molecule has 122 valence electrons. The van der Waals surface area contributed by atoms with E-state index in [1.54, 1.807) is 4.90 Å². The van der Waals surface area contributed by atoms with Crippen LogP contribution in [0, 0.1) is 0 Å². The Morgan fingerprint density at radius 2 is 2.00 bits per heavy atom. The summed E-state index contributed by atoms with van der Waals surface area (Å²) in [6.07, 6.45) is 2.31. The molecule has 2 fully saturated rings. The lowest BCUT2D eigenvalue weighted by Crippen LogP contribution is -2.47. The number of amides is 1. The minimum absolute atomic E-state index is 0.147. The van der Waals surface area contributed by atoms with E-state index < -0.39 is 5.79 Å². The molecule has 2 rings (SSSR count). The van der Waals surface area contributed by atoms with E-state index in [0.717, 1.165) is 32.5 Å². The third-order valence-electron chi connectivity index (χ3n) is 4.15. The number of carbonyl (C=O) groups is 1. The number of hydrogen-bond acceptors (Lipinski definition) is 5. The van der Waals surface area contributed by atoms with Crippen LogP contribution in [-0.2, 0) is 14.3 Å². The molecule has 6 nitrogen and oxygen atoms in total. The summed E-state index contributed by atoms with van der Waals surface area (Å²) in [5, 5.41) is 3.57. The third-order valence-corrected chi connectivity index (χ3v) is 4.15. The van der Waals surface area contributed by atoms with Crippen molar-refractivity contribution in [3.63, 3.8) is 0 Å². The summed E-state index contributed by atoms with van der Waals surface area (Å²) in [6, 6.07) is 0.517. The van der Waals surface area contributed by atoms with Crippen LogP contribution in [0.25, 0.3) is 0 Å². The first kappa shape index (κ1) is 16.7. The summed E-state index contributed by atoms with van der Waals surface area (Å²) < 4.78 is 11.4. The lowest BCUT2D eigenvalue weighted by atomic mass is 10.0. The van der Waals surface area contributed by atoms with E-state index in [2.05, 4.69) is 10.2 Å². The Hall–Kier alpha value is -0.690. The number of piperidine rings is 1. The van der Waals surface area contributed by atoms with Crippen molar-refractivity contribution in [1.82, 2.24) is 15.1 Å². The summed E-state index contributed by atoms with van der Waals surface area (Å²) in [5.41, 5.74) is 0. The minimum Gasteiger partial charge on any atom is -0.348 e. The van der Waals surface area contributed by atoms with Crippen LogP contribution in [0.15, 0.2) is 0 Å². The Morgan fingerprint density at radius 1 is 1.33 bits per heavy atom. The van der Waals surface area contributed by atoms with Gasteiger partial charge in [0, 0.05) is 39.8 Å². The number of nitrogens with one attached hydrogen (secondary N) is 1. The summed E-state index contributed by atoms with van der Waals surface area (Å²) in [5.74, 6) is -0.262. The number of rotatable bonds is 5. The van der Waals surface area contributed by atoms with E-state index in [1.165, 1.54) is 0 Å². The van der Waals surface area contributed by atoms with E-state index in [4.69, 9.17) is 9.47 Å². The topological polar surface area (TPSA) is 54.0 Å². The molecule has 0 radical (unpaired) electrons. The molecule has 2 aliphatic rings. The SMILES string of the molecule is CN(C)C(=O)CN1CCC(NCC2COC(C)(C)O2)CC1. The van der Waals surface area contributed by atoms with Gasteiger partial charge in [0.2, 0.25) is 5.91 Å². The van der Waals surface area contributed by atoms with E-state index in [0.29, 0.717) is 19.2 Å². The predicted octanol–water partition coefficient (Wildman–Crippen LogP) is 0.280. The zero-order chi connectivity index (χ0) is 15.5. The maximum absolute atomic E-state index is 11.7. The van der Waals surface area contributed by atoms with Crippen LogP contribution in [0.2, 0.25) is 0 Å². The summed E-state index contributed by atoms with van der Waals surface area (Å²) in [7, 11) is 3.61. The molecule has 2 saturated heterocycles. The van der Waals surface area contributed by atoms with Crippen LogP contribution in [0.4, 0.5) is 0 Å². The Morgan fingerprint density at radius 3 is 2.52 bits per heavy atom. The zero-order valence-electron chi connectivity index (χ0n) is 13.7. The molecule has 0 saturated carbocycles. The van der Waals surface area contributed by atoms with Gasteiger partial charge in [-0.05, 0) is 26.7 Å². The minimum atomic E-state index is -0.442. The number of ether oxygens (including phenoxy) is 2. The fourth-order valence-corrected chi connectivity index (χ4v) is 2.79. The quantitative estimate of drug-likeness (QED) is 0.790. The molecule has 1 amide bonds. The highest BCUT2D eigenvalue weighted by atomic mass is 16.7. The smallest absolute Gasteiger partial charge is 0.236 e. The molecule has 6 heteroatoms. The first-order valence-electron chi connectivity index (χ1n) is 7.83. The first-order chi connectivity index (χ1) is 9.85. The van der Waals surface area contributed by atoms with Crippen LogP contribution >= 0.6 is 0 Å². The first-order valence-corrected chi connectivity index (χ1v) is 7.83. The molecule has 1 atom stereocenters. The second-order valence-electron chi connectivity index (χ2n) is 6.70. The van der Waals surface area contributed by atoms with E-state index in [1.807, 2.05) is 27.9 Å². The molecule has 0 aliphatic carbocycles. The van der Waals surface area contributed by atoms with E-state index in [-0.39, 0.29) is 12.0 Å². The van der Waals surface area contributed by atoms with E-state index >= 15 is 0 Å². The molecule has 0 bridgehead atoms. The maximum Gasteiger partial charge on any atom is 0.236 e. The van der Waals surface area contributed by atoms with Crippen molar-refractivity contribution in [2.45, 2.75) is 44.6 Å². The van der Waals surface area contributed by atoms with Gasteiger partial charge in [-0.2, -0.15) is 0 Å². The van der Waals surface area contributed by atoms with Crippen LogP contribution in [-0.4, -0.2) is 80.5 Å². The fourth-order valence-electron chi connectivity index (χ4n) is 2.79. The van der Waals surface area contributed by atoms with Crippen molar-refractivity contribution in [2.75, 3.05) is 46.9 Å². The summed E-state index contributed by atoms with van der Waals surface area (Å²) in [6.45, 7) is 7.89. The number of hydrogen-bond donors (Lipinski definition) is 1. The zero-order valence-corrected chi connectivity index (χ0v) is 13.7. The molecule has 0 aromatic rings. The van der Waals surface area contributed by atoms with Gasteiger partial charge in [0.05, 0.1) is 19.3 Å². The molecule has 2 aliphatic heterocycles. The predicted molar refractivity (Wildman–Crippen MR) is 81.1 cm³/mol. The van der Waals surface area contributed by atoms with Gasteiger partial charge < -0.3 is 19.7 Å². The monoisotopic (exact) mass is 299 g/mol. The third kappa shape index (κ3) is 5.21. The lowest BCUT2D eigenvalue weighted by molar-refractivity contribution is -0.138. The number of nitrogens with zero attached hydrogens (tertiary/aromatic N) is 2. The van der Waals surface area contributed by atoms with Gasteiger partial charge in [-0.3, -0.25) is 9.69 Å². The lowest BCUT2D eigenvalue weighted by Gasteiger charge is -2.33. The Bertz CT molecular complexity index is 352. The van der Waals surface area contributed by atoms with Crippen molar-refractivity contribution in [3.05, 3.63) is 0 Å². The van der Waals surface area contributed by atoms with Gasteiger partial charge in [-0.25, -0.2) is 0 Å². The van der Waals surface area contributed by atoms with E-state index in [9.17, 15) is 4.79 Å². The van der Waals surface area contributed by atoms with Gasteiger partial charge in [0.25, 0.3) is 0 Å². The fraction of sp³-hybridized carbons (Fsp3) is 0.933. The van der Waals surface area contributed by atoms with Crippen molar-refractivity contribution < 1.29 is 14.3 Å². The second-order valence-corrected chi connectivity index (χ2v) is 6.70. The van der Waals surface area contributed by atoms with Crippen LogP contribution < -0.4 is 5.32 Å². The molecular formula is C15H29N3O3. The highest BCUT2D eigenvalue weighted by molar-refractivity contribution is 5.77. The average Bonchev–Trinajstić information content (AvgIpc) is 2.77. The van der Waals surface area contributed by atoms with Crippen LogP contribution in [0.5, 0.6) is 0 Å². The maximum atomic E-state index is 11.7. The molecule has 0 aromatic carbocycles. The molecule has 21 heavy (non-hydrogen) atoms. The van der Waals surface area contributed by atoms with Gasteiger partial charge in [0.15, 0.2) is 5.79 Å². The van der Waals surface area contributed by atoms with Crippen LogP contribution in [0.3, 0.4) is 0 Å². The van der Waals surface area contributed by atoms with Crippen LogP contribution in [0.1, 0.15) is 26.7 Å². The Kier molecular flexibility index (Phi) is 5.60. The van der Waals surface area contributed by atoms with Gasteiger partial charge in [-0.1, -0.05) is 0 Å². The summed E-state index contributed by atoms with van der Waals surface area (Å²) in [4.78, 5) is 15.6. The van der Waals surface area contributed by atoms with Crippen molar-refractivity contribution in [2.24, 2.45) is 0 Å². The van der Waals surface area contributed by atoms with Gasteiger partial charge in [-0.15, -0.1) is 0 Å². The molecule has 0 spiro atoms. The highest BCUT2D eigenvalue weighted by Gasteiger charge is 2.33. The van der Waals surface area contributed by atoms with Gasteiger partial charge in [0.1, 0.15) is 0 Å². The largest absolute Gasteiger partial charge is 0.348 e. The highest BCUT2D eigenvalue weighted by Crippen LogP contribution is 2.22. The second kappa shape index (κ2) is 7.05. The molecular weight excluding hydrogens is 270 g/mol. The van der Waals surface area contributed by atoms with Crippen molar-refractivity contribution in [3.8, 4) is 0 Å². The molecule has 0 aromatic heterocycles. The standard InChI is InChI=1S/C15H29N3O3/c1-15(2)20-11-13(21-15)9-16-12-5-7-18(8-6-12)10-14(19)17(3)4/h12-13,16H,5-11H2,1-4H3. The van der Waals surface area contributed by atoms with Crippen molar-refractivity contribution in [1.29, 1.82) is 0 Å². The number of carbonyl (C=O) groups excluding carboxylic acids is 1. The normalized spacial score (nSPS) is 27.0. The number of likely N-dealkylation sites (tertiary alicyclic amines) is 1.